The zero-order valence-corrected chi connectivity index (χ0v) is 13.2. The molecule has 0 unspecified atom stereocenters. The van der Waals surface area contributed by atoms with Crippen LogP contribution in [0, 0.1) is 0 Å². The maximum Gasteiger partial charge on any atom is 0.245 e. The van der Waals surface area contributed by atoms with Crippen molar-refractivity contribution in [3.63, 3.8) is 0 Å². The van der Waals surface area contributed by atoms with Crippen molar-refractivity contribution in [2.24, 2.45) is 0 Å². The number of thiophene rings is 1. The van der Waals surface area contributed by atoms with Gasteiger partial charge in [0.2, 0.25) is 10.0 Å². The van der Waals surface area contributed by atoms with Gasteiger partial charge in [0.05, 0.1) is 10.4 Å². The highest BCUT2D eigenvalue weighted by Crippen LogP contribution is 2.33. The molecule has 0 spiro atoms. The molecule has 1 aliphatic rings. The van der Waals surface area contributed by atoms with Gasteiger partial charge in [0.15, 0.2) is 0 Å². The molecule has 0 radical (unpaired) electrons. The minimum atomic E-state index is -3.45. The van der Waals surface area contributed by atoms with E-state index in [0.717, 1.165) is 13.1 Å². The van der Waals surface area contributed by atoms with Crippen molar-refractivity contribution in [3.05, 3.63) is 14.7 Å². The molecule has 1 fully saturated rings. The Morgan fingerprint density at radius 2 is 2.00 bits per heavy atom. The van der Waals surface area contributed by atoms with Gasteiger partial charge in [0.25, 0.3) is 0 Å². The summed E-state index contributed by atoms with van der Waals surface area (Å²) in [4.78, 5) is 3.02. The second kappa shape index (κ2) is 5.56. The first-order chi connectivity index (χ1) is 8.45. The van der Waals surface area contributed by atoms with Crippen LogP contribution in [0.25, 0.3) is 0 Å². The molecule has 0 atom stereocenters. The minimum Gasteiger partial charge on any atom is -0.391 e. The summed E-state index contributed by atoms with van der Waals surface area (Å²) in [6, 6.07) is 1.54. The van der Waals surface area contributed by atoms with E-state index in [2.05, 4.69) is 20.8 Å². The molecule has 102 valence electrons. The van der Waals surface area contributed by atoms with E-state index in [1.165, 1.54) is 15.6 Å². The van der Waals surface area contributed by atoms with Gasteiger partial charge >= 0.3 is 0 Å². The fourth-order valence-electron chi connectivity index (χ4n) is 1.82. The Bertz CT molecular complexity index is 521. The first kappa shape index (κ1) is 14.4. The summed E-state index contributed by atoms with van der Waals surface area (Å²) in [5.74, 6) is 0. The largest absolute Gasteiger partial charge is 0.391 e. The number of likely N-dealkylation sites (N-methyl/N-ethyl adjacent to an activating group) is 1. The number of aliphatic hydroxyl groups excluding tert-OH is 1. The molecule has 1 saturated heterocycles. The van der Waals surface area contributed by atoms with E-state index in [1.807, 2.05) is 7.05 Å². The lowest BCUT2D eigenvalue weighted by Crippen LogP contribution is -2.46. The molecule has 0 amide bonds. The molecule has 8 heteroatoms. The maximum absolute atomic E-state index is 12.4. The number of hydrogen-bond acceptors (Lipinski definition) is 5. The van der Waals surface area contributed by atoms with Crippen molar-refractivity contribution in [1.82, 2.24) is 9.21 Å². The highest BCUT2D eigenvalue weighted by atomic mass is 79.9. The topological polar surface area (TPSA) is 60.9 Å². The summed E-state index contributed by atoms with van der Waals surface area (Å²) < 4.78 is 27.0. The monoisotopic (exact) mass is 354 g/mol. The minimum absolute atomic E-state index is 0.137. The maximum atomic E-state index is 12.4. The number of aliphatic hydroxyl groups is 1. The van der Waals surface area contributed by atoms with Crippen molar-refractivity contribution < 1.29 is 13.5 Å². The molecule has 1 aromatic rings. The standard InChI is InChI=1S/C10H15BrN2O3S2/c1-12-2-4-13(5-3-12)18(15,16)9-6-8(7-14)17-10(9)11/h6,14H,2-5,7H2,1H3. The Hall–Kier alpha value is 0.01000. The molecule has 0 aromatic carbocycles. The van der Waals surface area contributed by atoms with Gasteiger partial charge in [-0.05, 0) is 29.0 Å². The van der Waals surface area contributed by atoms with Crippen LogP contribution in [-0.4, -0.2) is 56.0 Å². The number of hydrogen-bond donors (Lipinski definition) is 1. The molecule has 1 aromatic heterocycles. The molecule has 0 saturated carbocycles. The Balaban J connectivity index is 2.27. The Morgan fingerprint density at radius 1 is 1.39 bits per heavy atom. The van der Waals surface area contributed by atoms with E-state index in [0.29, 0.717) is 21.8 Å². The van der Waals surface area contributed by atoms with Crippen LogP contribution in [0.2, 0.25) is 0 Å². The van der Waals surface area contributed by atoms with Gasteiger partial charge < -0.3 is 10.0 Å². The number of piperazine rings is 1. The van der Waals surface area contributed by atoms with Crippen LogP contribution in [0.5, 0.6) is 0 Å². The molecule has 1 N–H and O–H groups in total. The molecular weight excluding hydrogens is 340 g/mol. The van der Waals surface area contributed by atoms with E-state index in [4.69, 9.17) is 5.11 Å². The lowest BCUT2D eigenvalue weighted by molar-refractivity contribution is 0.222. The number of rotatable bonds is 3. The summed E-state index contributed by atoms with van der Waals surface area (Å²) in [5.41, 5.74) is 0. The zero-order valence-electron chi connectivity index (χ0n) is 9.97. The van der Waals surface area contributed by atoms with Gasteiger partial charge in [0, 0.05) is 31.1 Å². The smallest absolute Gasteiger partial charge is 0.245 e. The molecule has 2 heterocycles. The molecule has 5 nitrogen and oxygen atoms in total. The Labute approximate surface area is 119 Å². The van der Waals surface area contributed by atoms with Crippen LogP contribution < -0.4 is 0 Å². The third-order valence-electron chi connectivity index (χ3n) is 2.94. The lowest BCUT2D eigenvalue weighted by Gasteiger charge is -2.31. The molecule has 18 heavy (non-hydrogen) atoms. The van der Waals surface area contributed by atoms with Crippen LogP contribution >= 0.6 is 27.3 Å². The van der Waals surface area contributed by atoms with Crippen molar-refractivity contribution in [3.8, 4) is 0 Å². The third kappa shape index (κ3) is 2.78. The SMILES string of the molecule is CN1CCN(S(=O)(=O)c2cc(CO)sc2Br)CC1. The highest BCUT2D eigenvalue weighted by Gasteiger charge is 2.30. The zero-order chi connectivity index (χ0) is 13.3. The fourth-order valence-corrected chi connectivity index (χ4v) is 5.73. The molecule has 1 aliphatic heterocycles. The Kier molecular flexibility index (Phi) is 4.45. The number of sulfonamides is 1. The average Bonchev–Trinajstić information content (AvgIpc) is 2.72. The van der Waals surface area contributed by atoms with Crippen LogP contribution in [0.3, 0.4) is 0 Å². The van der Waals surface area contributed by atoms with Gasteiger partial charge in [-0.1, -0.05) is 0 Å². The number of halogens is 1. The van der Waals surface area contributed by atoms with Crippen LogP contribution in [0.4, 0.5) is 0 Å². The van der Waals surface area contributed by atoms with Gasteiger partial charge in [-0.15, -0.1) is 11.3 Å². The molecular formula is C10H15BrN2O3S2. The normalized spacial score (nSPS) is 19.3. The van der Waals surface area contributed by atoms with Crippen LogP contribution in [0.15, 0.2) is 14.7 Å². The van der Waals surface area contributed by atoms with Crippen molar-refractivity contribution >= 4 is 37.3 Å². The van der Waals surface area contributed by atoms with Gasteiger partial charge in [-0.2, -0.15) is 4.31 Å². The summed E-state index contributed by atoms with van der Waals surface area (Å²) in [7, 11) is -1.47. The van der Waals surface area contributed by atoms with Crippen molar-refractivity contribution in [2.75, 3.05) is 33.2 Å². The summed E-state index contributed by atoms with van der Waals surface area (Å²) in [6.07, 6.45) is 0. The van der Waals surface area contributed by atoms with Crippen LogP contribution in [-0.2, 0) is 16.6 Å². The van der Waals surface area contributed by atoms with E-state index >= 15 is 0 Å². The summed E-state index contributed by atoms with van der Waals surface area (Å²) in [5, 5.41) is 9.06. The van der Waals surface area contributed by atoms with Crippen LogP contribution in [0.1, 0.15) is 4.88 Å². The first-order valence-electron chi connectivity index (χ1n) is 5.53. The Morgan fingerprint density at radius 3 is 2.50 bits per heavy atom. The van der Waals surface area contributed by atoms with Gasteiger partial charge in [-0.3, -0.25) is 0 Å². The quantitative estimate of drug-likeness (QED) is 0.877. The average molecular weight is 355 g/mol. The fraction of sp³-hybridized carbons (Fsp3) is 0.600. The van der Waals surface area contributed by atoms with Crippen molar-refractivity contribution in [2.45, 2.75) is 11.5 Å². The van der Waals surface area contributed by atoms with E-state index in [1.54, 1.807) is 6.07 Å². The first-order valence-corrected chi connectivity index (χ1v) is 8.58. The van der Waals surface area contributed by atoms with E-state index in [9.17, 15) is 8.42 Å². The summed E-state index contributed by atoms with van der Waals surface area (Å²) in [6.45, 7) is 2.37. The van der Waals surface area contributed by atoms with Crippen molar-refractivity contribution in [1.29, 1.82) is 0 Å². The summed E-state index contributed by atoms with van der Waals surface area (Å²) >= 11 is 4.52. The van der Waals surface area contributed by atoms with Gasteiger partial charge in [0.1, 0.15) is 4.90 Å². The molecule has 2 rings (SSSR count). The molecule has 0 bridgehead atoms. The second-order valence-corrected chi connectivity index (χ2v) is 8.58. The predicted octanol–water partition coefficient (Wildman–Crippen LogP) is 0.939. The second-order valence-electron chi connectivity index (χ2n) is 4.22. The lowest BCUT2D eigenvalue weighted by atomic mass is 10.4. The molecule has 0 aliphatic carbocycles. The number of nitrogens with zero attached hydrogens (tertiary/aromatic N) is 2. The highest BCUT2D eigenvalue weighted by molar-refractivity contribution is 9.11. The van der Waals surface area contributed by atoms with Gasteiger partial charge in [-0.25, -0.2) is 8.42 Å². The van der Waals surface area contributed by atoms with E-state index in [-0.39, 0.29) is 11.5 Å². The van der Waals surface area contributed by atoms with E-state index < -0.39 is 10.0 Å². The predicted molar refractivity (Wildman–Crippen MR) is 74.2 cm³/mol. The third-order valence-corrected chi connectivity index (χ3v) is 7.08.